The molecule has 0 aromatic heterocycles. The average Bonchev–Trinajstić information content (AvgIpc) is 2.54. The Morgan fingerprint density at radius 2 is 1.68 bits per heavy atom. The second-order valence-electron chi connectivity index (χ2n) is 6.59. The summed E-state index contributed by atoms with van der Waals surface area (Å²) in [5.41, 5.74) is 6.65. The Morgan fingerprint density at radius 3 is 2.20 bits per heavy atom. The first-order valence-corrected chi connectivity index (χ1v) is 8.40. The molecule has 0 radical (unpaired) electrons. The summed E-state index contributed by atoms with van der Waals surface area (Å²) < 4.78 is 19.5. The van der Waals surface area contributed by atoms with E-state index in [4.69, 9.17) is 4.74 Å². The van der Waals surface area contributed by atoms with E-state index in [1.54, 1.807) is 14.0 Å². The fourth-order valence-electron chi connectivity index (χ4n) is 3.45. The van der Waals surface area contributed by atoms with Crippen LogP contribution in [0.2, 0.25) is 0 Å². The molecule has 25 heavy (non-hydrogen) atoms. The largest absolute Gasteiger partial charge is 0.469 e. The third-order valence-corrected chi connectivity index (χ3v) is 4.57. The SMILES string of the molecule is CNC(CC(=O)OC)c1cc(-c2c(C)cc(C)cc2C)cc(C)c1F. The van der Waals surface area contributed by atoms with Gasteiger partial charge in [0.1, 0.15) is 5.82 Å². The van der Waals surface area contributed by atoms with E-state index in [1.807, 2.05) is 12.1 Å². The molecule has 134 valence electrons. The van der Waals surface area contributed by atoms with Crippen molar-refractivity contribution >= 4 is 5.97 Å². The molecule has 2 aromatic rings. The van der Waals surface area contributed by atoms with Crippen LogP contribution in [-0.2, 0) is 9.53 Å². The Balaban J connectivity index is 2.60. The smallest absolute Gasteiger partial charge is 0.307 e. The minimum absolute atomic E-state index is 0.0820. The number of methoxy groups -OCH3 is 1. The monoisotopic (exact) mass is 343 g/mol. The molecule has 0 saturated heterocycles. The third-order valence-electron chi connectivity index (χ3n) is 4.57. The Kier molecular flexibility index (Phi) is 5.96. The number of esters is 1. The highest BCUT2D eigenvalue weighted by Crippen LogP contribution is 2.33. The number of ether oxygens (including phenoxy) is 1. The number of carbonyl (C=O) groups excluding carboxylic acids is 1. The lowest BCUT2D eigenvalue weighted by molar-refractivity contribution is -0.141. The minimum Gasteiger partial charge on any atom is -0.469 e. The predicted octanol–water partition coefficient (Wildman–Crippen LogP) is 4.55. The first-order valence-electron chi connectivity index (χ1n) is 8.40. The normalized spacial score (nSPS) is 12.1. The molecule has 0 spiro atoms. The van der Waals surface area contributed by atoms with E-state index in [1.165, 1.54) is 12.7 Å². The van der Waals surface area contributed by atoms with E-state index in [9.17, 15) is 9.18 Å². The van der Waals surface area contributed by atoms with Crippen molar-refractivity contribution < 1.29 is 13.9 Å². The maximum Gasteiger partial charge on any atom is 0.307 e. The highest BCUT2D eigenvalue weighted by Gasteiger charge is 2.21. The van der Waals surface area contributed by atoms with Gasteiger partial charge in [-0.15, -0.1) is 0 Å². The van der Waals surface area contributed by atoms with Crippen molar-refractivity contribution in [3.05, 3.63) is 57.9 Å². The highest BCUT2D eigenvalue weighted by atomic mass is 19.1. The van der Waals surface area contributed by atoms with Gasteiger partial charge in [-0.05, 0) is 74.7 Å². The van der Waals surface area contributed by atoms with E-state index < -0.39 is 6.04 Å². The first-order chi connectivity index (χ1) is 11.8. The molecule has 0 fully saturated rings. The summed E-state index contributed by atoms with van der Waals surface area (Å²) in [4.78, 5) is 11.7. The van der Waals surface area contributed by atoms with E-state index in [-0.39, 0.29) is 18.2 Å². The minimum atomic E-state index is -0.433. The van der Waals surface area contributed by atoms with Gasteiger partial charge in [-0.25, -0.2) is 4.39 Å². The molecule has 0 saturated carbocycles. The van der Waals surface area contributed by atoms with Gasteiger partial charge in [-0.1, -0.05) is 17.7 Å². The summed E-state index contributed by atoms with van der Waals surface area (Å²) in [6, 6.07) is 7.54. The van der Waals surface area contributed by atoms with Crippen LogP contribution in [0, 0.1) is 33.5 Å². The van der Waals surface area contributed by atoms with Crippen LogP contribution >= 0.6 is 0 Å². The molecule has 1 unspecified atom stereocenters. The van der Waals surface area contributed by atoms with Gasteiger partial charge >= 0.3 is 5.97 Å². The van der Waals surface area contributed by atoms with E-state index in [0.717, 1.165) is 22.3 Å². The number of nitrogens with one attached hydrogen (secondary N) is 1. The van der Waals surface area contributed by atoms with Crippen LogP contribution in [0.3, 0.4) is 0 Å². The Hall–Kier alpha value is -2.20. The second-order valence-corrected chi connectivity index (χ2v) is 6.59. The van der Waals surface area contributed by atoms with Crippen LogP contribution in [0.15, 0.2) is 24.3 Å². The molecule has 1 N–H and O–H groups in total. The molecule has 0 aliphatic heterocycles. The fourth-order valence-corrected chi connectivity index (χ4v) is 3.45. The van der Waals surface area contributed by atoms with Crippen LogP contribution in [0.25, 0.3) is 11.1 Å². The van der Waals surface area contributed by atoms with Crippen molar-refractivity contribution in [1.29, 1.82) is 0 Å². The van der Waals surface area contributed by atoms with Gasteiger partial charge in [0.05, 0.1) is 13.5 Å². The Labute approximate surface area is 149 Å². The number of carbonyl (C=O) groups is 1. The molecule has 0 bridgehead atoms. The molecular formula is C21H26FNO2. The predicted molar refractivity (Wildman–Crippen MR) is 99.2 cm³/mol. The zero-order valence-corrected chi connectivity index (χ0v) is 15.8. The highest BCUT2D eigenvalue weighted by molar-refractivity contribution is 5.74. The Morgan fingerprint density at radius 1 is 1.08 bits per heavy atom. The Bertz CT molecular complexity index is 776. The van der Waals surface area contributed by atoms with Gasteiger partial charge < -0.3 is 10.1 Å². The zero-order valence-electron chi connectivity index (χ0n) is 15.8. The molecule has 0 aliphatic carbocycles. The molecule has 4 heteroatoms. The lowest BCUT2D eigenvalue weighted by Crippen LogP contribution is -2.22. The number of aryl methyl sites for hydroxylation is 4. The summed E-state index contributed by atoms with van der Waals surface area (Å²) in [6.45, 7) is 7.96. The molecule has 3 nitrogen and oxygen atoms in total. The van der Waals surface area contributed by atoms with Crippen molar-refractivity contribution in [2.75, 3.05) is 14.2 Å². The molecule has 2 rings (SSSR count). The van der Waals surface area contributed by atoms with Gasteiger partial charge in [0.2, 0.25) is 0 Å². The average molecular weight is 343 g/mol. The zero-order chi connectivity index (χ0) is 18.7. The van der Waals surface area contributed by atoms with Crippen LogP contribution in [-0.4, -0.2) is 20.1 Å². The number of hydrogen-bond donors (Lipinski definition) is 1. The number of rotatable bonds is 5. The standard InChI is InChI=1S/C21H26FNO2/c1-12-7-13(2)20(14(3)8-12)16-9-15(4)21(22)17(10-16)18(23-5)11-19(24)25-6/h7-10,18,23H,11H2,1-6H3. The summed E-state index contributed by atoms with van der Waals surface area (Å²) in [5.74, 6) is -0.654. The van der Waals surface area contributed by atoms with Crippen molar-refractivity contribution in [3.63, 3.8) is 0 Å². The molecule has 0 aliphatic rings. The quantitative estimate of drug-likeness (QED) is 0.810. The third kappa shape index (κ3) is 4.07. The van der Waals surface area contributed by atoms with Crippen molar-refractivity contribution in [2.24, 2.45) is 0 Å². The molecule has 1 atom stereocenters. The topological polar surface area (TPSA) is 38.3 Å². The lowest BCUT2D eigenvalue weighted by Gasteiger charge is -2.20. The maximum absolute atomic E-state index is 14.8. The number of benzene rings is 2. The number of hydrogen-bond acceptors (Lipinski definition) is 3. The maximum atomic E-state index is 14.8. The summed E-state index contributed by atoms with van der Waals surface area (Å²) >= 11 is 0. The van der Waals surface area contributed by atoms with Crippen molar-refractivity contribution in [2.45, 2.75) is 40.2 Å². The van der Waals surface area contributed by atoms with Crippen LogP contribution in [0.5, 0.6) is 0 Å². The first kappa shape index (κ1) is 19.1. The van der Waals surface area contributed by atoms with Crippen LogP contribution in [0.4, 0.5) is 4.39 Å². The summed E-state index contributed by atoms with van der Waals surface area (Å²) in [5, 5.41) is 3.03. The van der Waals surface area contributed by atoms with Crippen LogP contribution in [0.1, 0.15) is 40.3 Å². The van der Waals surface area contributed by atoms with E-state index in [2.05, 4.69) is 38.2 Å². The van der Waals surface area contributed by atoms with E-state index >= 15 is 0 Å². The van der Waals surface area contributed by atoms with E-state index in [0.29, 0.717) is 11.1 Å². The van der Waals surface area contributed by atoms with Gasteiger partial charge in [0.25, 0.3) is 0 Å². The van der Waals surface area contributed by atoms with Gasteiger partial charge in [0.15, 0.2) is 0 Å². The summed E-state index contributed by atoms with van der Waals surface area (Å²) in [7, 11) is 3.06. The second kappa shape index (κ2) is 7.79. The number of halogens is 1. The van der Waals surface area contributed by atoms with Gasteiger partial charge in [0, 0.05) is 11.6 Å². The fraction of sp³-hybridized carbons (Fsp3) is 0.381. The lowest BCUT2D eigenvalue weighted by atomic mass is 9.89. The van der Waals surface area contributed by atoms with Crippen LogP contribution < -0.4 is 5.32 Å². The van der Waals surface area contributed by atoms with Crippen molar-refractivity contribution in [3.8, 4) is 11.1 Å². The van der Waals surface area contributed by atoms with Crippen molar-refractivity contribution in [1.82, 2.24) is 5.32 Å². The molecule has 0 amide bonds. The summed E-state index contributed by atoms with van der Waals surface area (Å²) in [6.07, 6.45) is 0.0820. The molecule has 2 aromatic carbocycles. The van der Waals surface area contributed by atoms with Gasteiger partial charge in [-0.2, -0.15) is 0 Å². The molecular weight excluding hydrogens is 317 g/mol. The molecule has 0 heterocycles. The van der Waals surface area contributed by atoms with Gasteiger partial charge in [-0.3, -0.25) is 4.79 Å².